The van der Waals surface area contributed by atoms with Gasteiger partial charge in [0.1, 0.15) is 11.2 Å². The summed E-state index contributed by atoms with van der Waals surface area (Å²) >= 11 is 0. The van der Waals surface area contributed by atoms with E-state index in [2.05, 4.69) is 16.0 Å². The lowest BCUT2D eigenvalue weighted by Crippen LogP contribution is -2.38. The molecule has 0 saturated heterocycles. The van der Waals surface area contributed by atoms with Gasteiger partial charge in [-0.25, -0.2) is 14.6 Å². The van der Waals surface area contributed by atoms with Gasteiger partial charge < -0.3 is 25.4 Å². The predicted octanol–water partition coefficient (Wildman–Crippen LogP) is 7.93. The first-order valence-electron chi connectivity index (χ1n) is 14.7. The van der Waals surface area contributed by atoms with Gasteiger partial charge >= 0.3 is 12.2 Å². The highest BCUT2D eigenvalue weighted by Gasteiger charge is 2.29. The summed E-state index contributed by atoms with van der Waals surface area (Å²) in [6.45, 7) is 18.8. The monoisotopic (exact) mass is 590 g/mol. The number of carbonyl (C=O) groups is 3. The summed E-state index contributed by atoms with van der Waals surface area (Å²) in [6.07, 6.45) is -1.11. The Balaban J connectivity index is 2.20. The van der Waals surface area contributed by atoms with Crippen LogP contribution in [0, 0.1) is 11.8 Å². The number of fused-ring (bicyclic) bond motifs is 1. The molecule has 0 fully saturated rings. The Kier molecular flexibility index (Phi) is 10.4. The second-order valence-corrected chi connectivity index (χ2v) is 13.4. The van der Waals surface area contributed by atoms with E-state index in [0.29, 0.717) is 22.5 Å². The summed E-state index contributed by atoms with van der Waals surface area (Å²) in [5.74, 6) is -0.376. The number of benzene rings is 2. The van der Waals surface area contributed by atoms with Crippen LogP contribution in [0.4, 0.5) is 15.3 Å². The first-order valence-corrected chi connectivity index (χ1v) is 14.7. The van der Waals surface area contributed by atoms with E-state index in [9.17, 15) is 14.4 Å². The van der Waals surface area contributed by atoms with Crippen LogP contribution in [0.3, 0.4) is 0 Å². The fraction of sp³-hybridized carbons (Fsp3) is 0.471. The average molecular weight is 591 g/mol. The number of amides is 3. The van der Waals surface area contributed by atoms with Crippen molar-refractivity contribution in [2.24, 2.45) is 11.8 Å². The van der Waals surface area contributed by atoms with Crippen LogP contribution in [0.5, 0.6) is 0 Å². The normalized spacial score (nSPS) is 13.4. The molecule has 1 heterocycles. The minimum atomic E-state index is -0.678. The summed E-state index contributed by atoms with van der Waals surface area (Å²) < 4.78 is 11.2. The number of hydrogen-bond acceptors (Lipinski definition) is 6. The molecular formula is C34H46N4O5. The molecule has 232 valence electrons. The molecule has 3 amide bonds. The third kappa shape index (κ3) is 9.43. The molecule has 3 aromatic rings. The lowest BCUT2D eigenvalue weighted by Gasteiger charge is -2.29. The number of pyridine rings is 1. The van der Waals surface area contributed by atoms with Gasteiger partial charge in [0.15, 0.2) is 0 Å². The maximum atomic E-state index is 13.2. The van der Waals surface area contributed by atoms with Crippen molar-refractivity contribution < 1.29 is 23.9 Å². The molecule has 0 aliphatic heterocycles. The highest BCUT2D eigenvalue weighted by atomic mass is 16.6. The van der Waals surface area contributed by atoms with Crippen LogP contribution in [-0.2, 0) is 9.47 Å². The number of alkyl carbamates (subject to hydrolysis) is 2. The molecule has 43 heavy (non-hydrogen) atoms. The molecule has 2 unspecified atom stereocenters. The fourth-order valence-electron chi connectivity index (χ4n) is 4.65. The number of rotatable bonds is 8. The van der Waals surface area contributed by atoms with E-state index < -0.39 is 35.5 Å². The van der Waals surface area contributed by atoms with Gasteiger partial charge in [0.05, 0.1) is 29.0 Å². The summed E-state index contributed by atoms with van der Waals surface area (Å²) in [7, 11) is 0. The number of nitrogens with one attached hydrogen (secondary N) is 3. The Morgan fingerprint density at radius 3 is 1.77 bits per heavy atom. The number of ether oxygens (including phenoxy) is 2. The molecule has 2 aromatic carbocycles. The number of carbonyl (C=O) groups excluding carboxylic acids is 3. The SMILES string of the molecule is CC(C)C(NC(=O)OC(C)(C)C)c1cc(C(NC(=O)OC(C)(C)C)C(C)C)c2cccc(NC(=O)c3ccccc3)c2n1. The molecule has 3 N–H and O–H groups in total. The molecule has 1 aromatic heterocycles. The van der Waals surface area contributed by atoms with Gasteiger partial charge in [0, 0.05) is 10.9 Å². The molecule has 0 aliphatic carbocycles. The topological polar surface area (TPSA) is 119 Å². The molecular weight excluding hydrogens is 544 g/mol. The number of aromatic nitrogens is 1. The summed E-state index contributed by atoms with van der Waals surface area (Å²) in [4.78, 5) is 44.1. The molecule has 2 atom stereocenters. The van der Waals surface area contributed by atoms with Crippen molar-refractivity contribution in [2.75, 3.05) is 5.32 Å². The van der Waals surface area contributed by atoms with Gasteiger partial charge in [-0.3, -0.25) is 4.79 Å². The van der Waals surface area contributed by atoms with E-state index in [0.717, 1.165) is 10.9 Å². The summed E-state index contributed by atoms with van der Waals surface area (Å²) in [5, 5.41) is 9.79. The van der Waals surface area contributed by atoms with Crippen LogP contribution in [-0.4, -0.2) is 34.3 Å². The first-order chi connectivity index (χ1) is 19.9. The Morgan fingerprint density at radius 2 is 1.26 bits per heavy atom. The summed E-state index contributed by atoms with van der Waals surface area (Å²) in [6, 6.07) is 15.4. The largest absolute Gasteiger partial charge is 0.444 e. The number of anilines is 1. The Labute approximate surface area is 255 Å². The van der Waals surface area contributed by atoms with Crippen LogP contribution in [0.15, 0.2) is 54.6 Å². The third-order valence-electron chi connectivity index (χ3n) is 6.51. The molecule has 0 bridgehead atoms. The zero-order valence-electron chi connectivity index (χ0n) is 27.0. The minimum Gasteiger partial charge on any atom is -0.444 e. The van der Waals surface area contributed by atoms with E-state index in [-0.39, 0.29) is 17.7 Å². The molecule has 3 rings (SSSR count). The highest BCUT2D eigenvalue weighted by Crippen LogP contribution is 2.35. The van der Waals surface area contributed by atoms with Crippen LogP contribution < -0.4 is 16.0 Å². The van der Waals surface area contributed by atoms with E-state index in [1.807, 2.05) is 72.7 Å². The second-order valence-electron chi connectivity index (χ2n) is 13.4. The smallest absolute Gasteiger partial charge is 0.408 e. The first kappa shape index (κ1) is 33.4. The molecule has 0 aliphatic rings. The maximum absolute atomic E-state index is 13.2. The summed E-state index contributed by atoms with van der Waals surface area (Å²) in [5.41, 5.74) is 1.56. The minimum absolute atomic E-state index is 0.0372. The lowest BCUT2D eigenvalue weighted by molar-refractivity contribution is 0.0480. The van der Waals surface area contributed by atoms with E-state index in [1.165, 1.54) is 0 Å². The lowest BCUT2D eigenvalue weighted by atomic mass is 9.90. The van der Waals surface area contributed by atoms with Crippen LogP contribution in [0.1, 0.15) is 103 Å². The van der Waals surface area contributed by atoms with Gasteiger partial charge in [-0.2, -0.15) is 0 Å². The number of para-hydroxylation sites is 1. The average Bonchev–Trinajstić information content (AvgIpc) is 2.88. The molecule has 9 heteroatoms. The van der Waals surface area contributed by atoms with Crippen molar-refractivity contribution >= 4 is 34.7 Å². The molecule has 0 saturated carbocycles. The number of nitrogens with zero attached hydrogens (tertiary/aromatic N) is 1. The van der Waals surface area contributed by atoms with Crippen molar-refractivity contribution in [3.05, 3.63) is 71.4 Å². The Bertz CT molecular complexity index is 1440. The number of hydrogen-bond donors (Lipinski definition) is 3. The molecule has 0 radical (unpaired) electrons. The second kappa shape index (κ2) is 13.4. The zero-order chi connectivity index (χ0) is 32.1. The van der Waals surface area contributed by atoms with E-state index in [1.54, 1.807) is 51.1 Å². The fourth-order valence-corrected chi connectivity index (χ4v) is 4.65. The van der Waals surface area contributed by atoms with Crippen LogP contribution in [0.2, 0.25) is 0 Å². The van der Waals surface area contributed by atoms with Crippen LogP contribution in [0.25, 0.3) is 10.9 Å². The van der Waals surface area contributed by atoms with Gasteiger partial charge in [-0.1, -0.05) is 58.0 Å². The zero-order valence-corrected chi connectivity index (χ0v) is 27.0. The van der Waals surface area contributed by atoms with Crippen molar-refractivity contribution in [2.45, 2.75) is 92.5 Å². The highest BCUT2D eigenvalue weighted by molar-refractivity contribution is 6.08. The van der Waals surface area contributed by atoms with Gasteiger partial charge in [-0.15, -0.1) is 0 Å². The molecule has 9 nitrogen and oxygen atoms in total. The standard InChI is InChI=1S/C34H46N4O5/c1-20(2)27(37-31(40)42-33(5,6)7)24-19-26(28(21(3)4)38-32(41)43-34(8,9)10)35-29-23(24)17-14-18-25(29)36-30(39)22-15-12-11-13-16-22/h11-21,27-28H,1-10H3,(H,36,39)(H,37,40)(H,38,41). The van der Waals surface area contributed by atoms with E-state index >= 15 is 0 Å². The van der Waals surface area contributed by atoms with Gasteiger partial charge in [0.2, 0.25) is 0 Å². The maximum Gasteiger partial charge on any atom is 0.408 e. The van der Waals surface area contributed by atoms with Crippen molar-refractivity contribution in [3.63, 3.8) is 0 Å². The van der Waals surface area contributed by atoms with Gasteiger partial charge in [-0.05, 0) is 83.2 Å². The predicted molar refractivity (Wildman–Crippen MR) is 170 cm³/mol. The molecule has 0 spiro atoms. The quantitative estimate of drug-likeness (QED) is 0.245. The van der Waals surface area contributed by atoms with Crippen molar-refractivity contribution in [1.82, 2.24) is 15.6 Å². The van der Waals surface area contributed by atoms with Crippen molar-refractivity contribution in [1.29, 1.82) is 0 Å². The van der Waals surface area contributed by atoms with Crippen LogP contribution >= 0.6 is 0 Å². The van der Waals surface area contributed by atoms with Crippen molar-refractivity contribution in [3.8, 4) is 0 Å². The Hall–Kier alpha value is -4.14. The van der Waals surface area contributed by atoms with E-state index in [4.69, 9.17) is 14.5 Å². The van der Waals surface area contributed by atoms with Gasteiger partial charge in [0.25, 0.3) is 5.91 Å². The third-order valence-corrected chi connectivity index (χ3v) is 6.51. The Morgan fingerprint density at radius 1 is 0.721 bits per heavy atom.